The van der Waals surface area contributed by atoms with E-state index < -0.39 is 23.8 Å². The molecule has 26 heavy (non-hydrogen) atoms. The average molecular weight is 360 g/mol. The monoisotopic (exact) mass is 360 g/mol. The summed E-state index contributed by atoms with van der Waals surface area (Å²) in [4.78, 5) is 0. The summed E-state index contributed by atoms with van der Waals surface area (Å²) < 4.78 is 26.6. The number of rotatable bonds is 8. The van der Waals surface area contributed by atoms with E-state index in [0.29, 0.717) is 12.1 Å². The van der Waals surface area contributed by atoms with Gasteiger partial charge in [-0.3, -0.25) is 0 Å². The molecule has 4 N–H and O–H groups in total. The zero-order chi connectivity index (χ0) is 18.7. The lowest BCUT2D eigenvalue weighted by Crippen LogP contribution is -2.45. The molecule has 0 spiro atoms. The van der Waals surface area contributed by atoms with Gasteiger partial charge in [0.15, 0.2) is 0 Å². The molecule has 140 valence electrons. The Balaban J connectivity index is 1.58. The lowest BCUT2D eigenvalue weighted by molar-refractivity contribution is 0.136. The van der Waals surface area contributed by atoms with Crippen LogP contribution in [0.25, 0.3) is 0 Å². The SMILES string of the molecule is CCc1cccc(C2(NC[C@@H](O)[C@H](N)Cc3cc(F)cc(F)c3)CC2)c1. The quantitative estimate of drug-likeness (QED) is 0.678. The molecular weight excluding hydrogens is 334 g/mol. The molecule has 3 nitrogen and oxygen atoms in total. The number of hydrogen-bond donors (Lipinski definition) is 3. The summed E-state index contributed by atoms with van der Waals surface area (Å²) in [7, 11) is 0. The third-order valence-electron chi connectivity index (χ3n) is 5.18. The van der Waals surface area contributed by atoms with Crippen LogP contribution in [0.5, 0.6) is 0 Å². The van der Waals surface area contributed by atoms with Crippen molar-refractivity contribution in [1.29, 1.82) is 0 Å². The molecular formula is C21H26F2N2O. The van der Waals surface area contributed by atoms with Gasteiger partial charge in [0.2, 0.25) is 0 Å². The number of aliphatic hydroxyl groups is 1. The van der Waals surface area contributed by atoms with Crippen LogP contribution in [0.1, 0.15) is 36.5 Å². The van der Waals surface area contributed by atoms with Gasteiger partial charge in [-0.2, -0.15) is 0 Å². The lowest BCUT2D eigenvalue weighted by atomic mass is 9.99. The summed E-state index contributed by atoms with van der Waals surface area (Å²) in [5, 5.41) is 13.8. The van der Waals surface area contributed by atoms with E-state index in [0.717, 1.165) is 25.3 Å². The van der Waals surface area contributed by atoms with Crippen LogP contribution >= 0.6 is 0 Å². The smallest absolute Gasteiger partial charge is 0.126 e. The first-order valence-electron chi connectivity index (χ1n) is 9.15. The molecule has 2 atom stereocenters. The Hall–Kier alpha value is -1.82. The fraction of sp³-hybridized carbons (Fsp3) is 0.429. The maximum Gasteiger partial charge on any atom is 0.126 e. The van der Waals surface area contributed by atoms with Gasteiger partial charge in [0, 0.05) is 24.2 Å². The van der Waals surface area contributed by atoms with Crippen LogP contribution in [0.4, 0.5) is 8.78 Å². The minimum atomic E-state index is -0.798. The minimum Gasteiger partial charge on any atom is -0.390 e. The predicted molar refractivity (Wildman–Crippen MR) is 98.8 cm³/mol. The third kappa shape index (κ3) is 4.47. The molecule has 3 rings (SSSR count). The Bertz CT molecular complexity index is 741. The highest BCUT2D eigenvalue weighted by Crippen LogP contribution is 2.45. The number of halogens is 2. The molecule has 5 heteroatoms. The van der Waals surface area contributed by atoms with Crippen molar-refractivity contribution >= 4 is 0 Å². The van der Waals surface area contributed by atoms with Crippen molar-refractivity contribution in [3.63, 3.8) is 0 Å². The zero-order valence-corrected chi connectivity index (χ0v) is 15.0. The highest BCUT2D eigenvalue weighted by molar-refractivity contribution is 5.34. The molecule has 0 amide bonds. The van der Waals surface area contributed by atoms with Crippen molar-refractivity contribution < 1.29 is 13.9 Å². The van der Waals surface area contributed by atoms with Crippen molar-refractivity contribution in [2.45, 2.75) is 50.3 Å². The van der Waals surface area contributed by atoms with Crippen molar-refractivity contribution in [3.05, 3.63) is 70.8 Å². The molecule has 1 aliphatic rings. The van der Waals surface area contributed by atoms with Gasteiger partial charge in [0.05, 0.1) is 6.10 Å². The van der Waals surface area contributed by atoms with Crippen molar-refractivity contribution in [2.24, 2.45) is 5.73 Å². The summed E-state index contributed by atoms with van der Waals surface area (Å²) in [6.45, 7) is 2.47. The van der Waals surface area contributed by atoms with Crippen LogP contribution in [-0.4, -0.2) is 23.8 Å². The first kappa shape index (κ1) is 19.0. The summed E-state index contributed by atoms with van der Waals surface area (Å²) >= 11 is 0. The Labute approximate surface area is 153 Å². The van der Waals surface area contributed by atoms with E-state index in [9.17, 15) is 13.9 Å². The summed E-state index contributed by atoms with van der Waals surface area (Å²) in [6, 6.07) is 11.2. The van der Waals surface area contributed by atoms with E-state index in [1.165, 1.54) is 23.3 Å². The molecule has 0 aliphatic heterocycles. The number of aliphatic hydroxyl groups excluding tert-OH is 1. The van der Waals surface area contributed by atoms with E-state index in [-0.39, 0.29) is 12.0 Å². The van der Waals surface area contributed by atoms with E-state index in [4.69, 9.17) is 5.73 Å². The second-order valence-electron chi connectivity index (χ2n) is 7.23. The number of nitrogens with two attached hydrogens (primary N) is 1. The highest BCUT2D eigenvalue weighted by Gasteiger charge is 2.44. The molecule has 1 saturated carbocycles. The van der Waals surface area contributed by atoms with Gasteiger partial charge >= 0.3 is 0 Å². The molecule has 0 aromatic heterocycles. The van der Waals surface area contributed by atoms with Crippen molar-refractivity contribution in [2.75, 3.05) is 6.54 Å². The molecule has 0 heterocycles. The Kier molecular flexibility index (Phi) is 5.70. The second-order valence-corrected chi connectivity index (χ2v) is 7.23. The van der Waals surface area contributed by atoms with Crippen LogP contribution in [-0.2, 0) is 18.4 Å². The molecule has 0 unspecified atom stereocenters. The third-order valence-corrected chi connectivity index (χ3v) is 5.18. The van der Waals surface area contributed by atoms with Crippen LogP contribution in [0.3, 0.4) is 0 Å². The van der Waals surface area contributed by atoms with Gasteiger partial charge in [-0.15, -0.1) is 0 Å². The molecule has 0 radical (unpaired) electrons. The normalized spacial score (nSPS) is 17.7. The van der Waals surface area contributed by atoms with Crippen LogP contribution < -0.4 is 11.1 Å². The number of nitrogens with one attached hydrogen (secondary N) is 1. The van der Waals surface area contributed by atoms with Gasteiger partial charge in [-0.25, -0.2) is 8.78 Å². The molecule has 1 fully saturated rings. The fourth-order valence-corrected chi connectivity index (χ4v) is 3.37. The number of aryl methyl sites for hydroxylation is 1. The molecule has 1 aliphatic carbocycles. The maximum atomic E-state index is 13.3. The molecule has 2 aromatic carbocycles. The Morgan fingerprint density at radius 2 is 1.81 bits per heavy atom. The van der Waals surface area contributed by atoms with Crippen molar-refractivity contribution in [3.8, 4) is 0 Å². The van der Waals surface area contributed by atoms with E-state index in [1.54, 1.807) is 0 Å². The van der Waals surface area contributed by atoms with Gasteiger partial charge in [0.25, 0.3) is 0 Å². The van der Waals surface area contributed by atoms with Crippen molar-refractivity contribution in [1.82, 2.24) is 5.32 Å². The summed E-state index contributed by atoms with van der Waals surface area (Å²) in [6.07, 6.45) is 2.46. The van der Waals surface area contributed by atoms with Gasteiger partial charge in [0.1, 0.15) is 11.6 Å². The molecule has 2 aromatic rings. The topological polar surface area (TPSA) is 58.3 Å². The van der Waals surface area contributed by atoms with Gasteiger partial charge in [-0.1, -0.05) is 31.2 Å². The zero-order valence-electron chi connectivity index (χ0n) is 15.0. The standard InChI is InChI=1S/C21H26F2N2O/c1-2-14-4-3-5-16(8-14)21(6-7-21)25-13-20(26)19(24)11-15-9-17(22)12-18(23)10-15/h3-5,8-10,12,19-20,25-26H,2,6-7,11,13,24H2,1H3/t19-,20-/m1/s1. The van der Waals surface area contributed by atoms with Crippen LogP contribution in [0, 0.1) is 11.6 Å². The molecule has 0 saturated heterocycles. The van der Waals surface area contributed by atoms with Gasteiger partial charge < -0.3 is 16.2 Å². The van der Waals surface area contributed by atoms with Crippen LogP contribution in [0.2, 0.25) is 0 Å². The summed E-state index contributed by atoms with van der Waals surface area (Å²) in [5.41, 5.74) is 8.95. The average Bonchev–Trinajstić information content (AvgIpc) is 3.40. The van der Waals surface area contributed by atoms with Crippen LogP contribution in [0.15, 0.2) is 42.5 Å². The lowest BCUT2D eigenvalue weighted by Gasteiger charge is -2.24. The number of benzene rings is 2. The first-order chi connectivity index (χ1) is 12.4. The maximum absolute atomic E-state index is 13.3. The molecule has 0 bridgehead atoms. The van der Waals surface area contributed by atoms with Gasteiger partial charge in [-0.05, 0) is 54.5 Å². The Morgan fingerprint density at radius 3 is 2.42 bits per heavy atom. The fourth-order valence-electron chi connectivity index (χ4n) is 3.37. The minimum absolute atomic E-state index is 0.0865. The Morgan fingerprint density at radius 1 is 1.12 bits per heavy atom. The summed E-state index contributed by atoms with van der Waals surface area (Å²) in [5.74, 6) is -1.26. The van der Waals surface area contributed by atoms with E-state index in [2.05, 4.69) is 36.5 Å². The van der Waals surface area contributed by atoms with E-state index >= 15 is 0 Å². The largest absolute Gasteiger partial charge is 0.390 e. The first-order valence-corrected chi connectivity index (χ1v) is 9.15. The highest BCUT2D eigenvalue weighted by atomic mass is 19.1. The number of hydrogen-bond acceptors (Lipinski definition) is 3. The van der Waals surface area contributed by atoms with E-state index in [1.807, 2.05) is 0 Å². The predicted octanol–water partition coefficient (Wildman–Crippen LogP) is 3.04. The second kappa shape index (κ2) is 7.82.